The van der Waals surface area contributed by atoms with Crippen molar-refractivity contribution in [2.24, 2.45) is 0 Å². The van der Waals surface area contributed by atoms with E-state index in [2.05, 4.69) is 15.0 Å². The first-order chi connectivity index (χ1) is 11.0. The Kier molecular flexibility index (Phi) is 4.20. The number of fused-ring (bicyclic) bond motifs is 1. The number of rotatable bonds is 4. The summed E-state index contributed by atoms with van der Waals surface area (Å²) in [5.41, 5.74) is 1.27. The van der Waals surface area contributed by atoms with Gasteiger partial charge in [0.2, 0.25) is 0 Å². The van der Waals surface area contributed by atoms with Crippen LogP contribution in [-0.2, 0) is 23.8 Å². The van der Waals surface area contributed by atoms with Crippen LogP contribution in [0.1, 0.15) is 26.5 Å². The van der Waals surface area contributed by atoms with Gasteiger partial charge in [-0.1, -0.05) is 0 Å². The van der Waals surface area contributed by atoms with Gasteiger partial charge in [-0.15, -0.1) is 0 Å². The first kappa shape index (κ1) is 15.3. The molecule has 1 aliphatic rings. The lowest BCUT2D eigenvalue weighted by molar-refractivity contribution is -0.155. The van der Waals surface area contributed by atoms with Gasteiger partial charge in [0.1, 0.15) is 36.9 Å². The van der Waals surface area contributed by atoms with E-state index in [0.717, 1.165) is 0 Å². The Morgan fingerprint density at radius 2 is 2.17 bits per heavy atom. The minimum Gasteiger partial charge on any atom is -0.463 e. The number of hydrogen-bond acceptors (Lipinski definition) is 8. The van der Waals surface area contributed by atoms with Crippen LogP contribution in [-0.4, -0.2) is 50.3 Å². The van der Waals surface area contributed by atoms with Crippen LogP contribution in [0.3, 0.4) is 0 Å². The molecule has 1 aliphatic heterocycles. The molecule has 1 saturated heterocycles. The molecule has 0 aliphatic carbocycles. The third-order valence-electron chi connectivity index (χ3n) is 3.50. The maximum absolute atomic E-state index is 11.3. The minimum atomic E-state index is -0.535. The van der Waals surface area contributed by atoms with Crippen LogP contribution in [0.4, 0.5) is 0 Å². The van der Waals surface area contributed by atoms with Gasteiger partial charge in [0.05, 0.1) is 12.5 Å². The second kappa shape index (κ2) is 6.29. The lowest BCUT2D eigenvalue weighted by atomic mass is 10.2. The van der Waals surface area contributed by atoms with Crippen molar-refractivity contribution in [3.8, 4) is 0 Å². The van der Waals surface area contributed by atoms with Gasteiger partial charge in [0, 0.05) is 20.3 Å². The quantitative estimate of drug-likeness (QED) is 0.754. The average Bonchev–Trinajstić information content (AvgIpc) is 3.08. The van der Waals surface area contributed by atoms with Crippen LogP contribution in [0.15, 0.2) is 18.9 Å². The monoisotopic (exact) mass is 320 g/mol. The topological polar surface area (TPSA) is 105 Å². The molecule has 2 aromatic rings. The normalized spacial score (nSPS) is 23.8. The van der Waals surface area contributed by atoms with E-state index in [9.17, 15) is 9.59 Å². The Balaban J connectivity index is 1.81. The van der Waals surface area contributed by atoms with E-state index in [0.29, 0.717) is 17.6 Å². The van der Waals surface area contributed by atoms with Crippen molar-refractivity contribution in [1.29, 1.82) is 0 Å². The van der Waals surface area contributed by atoms with E-state index >= 15 is 0 Å². The standard InChI is InChI=1S/C14H16N4O5/c1-8(19)21-5-12-11(22-9(2)20)3-13(23-12)18-7-17-10-4-15-6-16-14(10)18/h4,6-7,11-13H,3,5H2,1-2H3/t11-,12+,13+/m0/s1. The Labute approximate surface area is 131 Å². The molecule has 0 amide bonds. The van der Waals surface area contributed by atoms with Gasteiger partial charge in [0.15, 0.2) is 5.65 Å². The van der Waals surface area contributed by atoms with Crippen molar-refractivity contribution < 1.29 is 23.8 Å². The highest BCUT2D eigenvalue weighted by Gasteiger charge is 2.39. The van der Waals surface area contributed by atoms with Crippen molar-refractivity contribution in [2.45, 2.75) is 38.7 Å². The lowest BCUT2D eigenvalue weighted by Gasteiger charge is -2.17. The predicted octanol–water partition coefficient (Wildman–Crippen LogP) is 0.609. The zero-order valence-corrected chi connectivity index (χ0v) is 12.7. The van der Waals surface area contributed by atoms with E-state index < -0.39 is 30.4 Å². The van der Waals surface area contributed by atoms with E-state index in [1.165, 1.54) is 20.2 Å². The molecule has 0 N–H and O–H groups in total. The number of carbonyl (C=O) groups excluding carboxylic acids is 2. The molecule has 0 saturated carbocycles. The number of hydrogen-bond donors (Lipinski definition) is 0. The van der Waals surface area contributed by atoms with E-state index in [1.54, 1.807) is 17.1 Å². The molecule has 2 aromatic heterocycles. The van der Waals surface area contributed by atoms with Crippen molar-refractivity contribution >= 4 is 23.1 Å². The highest BCUT2D eigenvalue weighted by atomic mass is 16.6. The highest BCUT2D eigenvalue weighted by Crippen LogP contribution is 2.32. The number of carbonyl (C=O) groups is 2. The summed E-state index contributed by atoms with van der Waals surface area (Å²) in [5, 5.41) is 0. The maximum Gasteiger partial charge on any atom is 0.303 e. The summed E-state index contributed by atoms with van der Waals surface area (Å²) in [5.74, 6) is -0.829. The summed E-state index contributed by atoms with van der Waals surface area (Å²) in [4.78, 5) is 34.6. The number of nitrogens with zero attached hydrogens (tertiary/aromatic N) is 4. The number of imidazole rings is 1. The fourth-order valence-electron chi connectivity index (χ4n) is 2.55. The van der Waals surface area contributed by atoms with Crippen molar-refractivity contribution in [2.75, 3.05) is 6.61 Å². The van der Waals surface area contributed by atoms with Crippen LogP contribution in [0.2, 0.25) is 0 Å². The molecule has 3 rings (SSSR count). The van der Waals surface area contributed by atoms with Crippen LogP contribution in [0.5, 0.6) is 0 Å². The zero-order valence-electron chi connectivity index (χ0n) is 12.7. The van der Waals surface area contributed by atoms with Gasteiger partial charge < -0.3 is 14.2 Å². The van der Waals surface area contributed by atoms with Gasteiger partial charge in [-0.3, -0.25) is 14.2 Å². The molecule has 23 heavy (non-hydrogen) atoms. The fraction of sp³-hybridized carbons (Fsp3) is 0.500. The van der Waals surface area contributed by atoms with Crippen LogP contribution in [0, 0.1) is 0 Å². The Morgan fingerprint density at radius 3 is 2.91 bits per heavy atom. The largest absolute Gasteiger partial charge is 0.463 e. The van der Waals surface area contributed by atoms with Gasteiger partial charge in [-0.2, -0.15) is 0 Å². The molecular weight excluding hydrogens is 304 g/mol. The van der Waals surface area contributed by atoms with Gasteiger partial charge in [-0.05, 0) is 0 Å². The first-order valence-electron chi connectivity index (χ1n) is 7.13. The number of aromatic nitrogens is 4. The van der Waals surface area contributed by atoms with Crippen LogP contribution >= 0.6 is 0 Å². The molecule has 1 fully saturated rings. The zero-order chi connectivity index (χ0) is 16.4. The lowest BCUT2D eigenvalue weighted by Crippen LogP contribution is -2.31. The number of esters is 2. The SMILES string of the molecule is CC(=O)OC[C@H]1O[C@@H](n2cnc3cncnc32)C[C@@H]1OC(C)=O. The third-order valence-corrected chi connectivity index (χ3v) is 3.50. The van der Waals surface area contributed by atoms with Crippen molar-refractivity contribution in [3.63, 3.8) is 0 Å². The van der Waals surface area contributed by atoms with E-state index in [4.69, 9.17) is 14.2 Å². The smallest absolute Gasteiger partial charge is 0.303 e. The Morgan fingerprint density at radius 1 is 1.35 bits per heavy atom. The minimum absolute atomic E-state index is 0.0192. The molecule has 122 valence electrons. The summed E-state index contributed by atoms with van der Waals surface area (Å²) < 4.78 is 17.9. The summed E-state index contributed by atoms with van der Waals surface area (Å²) in [6, 6.07) is 0. The summed E-state index contributed by atoms with van der Waals surface area (Å²) in [7, 11) is 0. The maximum atomic E-state index is 11.3. The molecule has 0 radical (unpaired) electrons. The first-order valence-corrected chi connectivity index (χ1v) is 7.13. The van der Waals surface area contributed by atoms with Crippen molar-refractivity contribution in [3.05, 3.63) is 18.9 Å². The van der Waals surface area contributed by atoms with E-state index in [-0.39, 0.29) is 6.61 Å². The second-order valence-corrected chi connectivity index (χ2v) is 5.20. The molecular formula is C14H16N4O5. The Bertz CT molecular complexity index is 731. The third kappa shape index (κ3) is 3.29. The Hall–Kier alpha value is -2.55. The predicted molar refractivity (Wildman–Crippen MR) is 76.0 cm³/mol. The van der Waals surface area contributed by atoms with Crippen LogP contribution in [0.25, 0.3) is 11.2 Å². The summed E-state index contributed by atoms with van der Waals surface area (Å²) in [6.45, 7) is 2.66. The molecule has 3 heterocycles. The number of ether oxygens (including phenoxy) is 3. The molecule has 9 heteroatoms. The van der Waals surface area contributed by atoms with Gasteiger partial charge in [0.25, 0.3) is 0 Å². The fourth-order valence-corrected chi connectivity index (χ4v) is 2.55. The summed E-state index contributed by atoms with van der Waals surface area (Å²) in [6.07, 6.45) is 3.59. The molecule has 0 aromatic carbocycles. The molecule has 0 spiro atoms. The highest BCUT2D eigenvalue weighted by molar-refractivity contribution is 5.69. The van der Waals surface area contributed by atoms with Crippen LogP contribution < -0.4 is 0 Å². The molecule has 9 nitrogen and oxygen atoms in total. The average molecular weight is 320 g/mol. The van der Waals surface area contributed by atoms with E-state index in [1.807, 2.05) is 0 Å². The van der Waals surface area contributed by atoms with Crippen molar-refractivity contribution in [1.82, 2.24) is 19.5 Å². The molecule has 0 bridgehead atoms. The summed E-state index contributed by atoms with van der Waals surface area (Å²) >= 11 is 0. The molecule has 0 unspecified atom stereocenters. The second-order valence-electron chi connectivity index (χ2n) is 5.20. The molecule has 3 atom stereocenters. The van der Waals surface area contributed by atoms with Gasteiger partial charge >= 0.3 is 11.9 Å². The van der Waals surface area contributed by atoms with Gasteiger partial charge in [-0.25, -0.2) is 15.0 Å².